The van der Waals surface area contributed by atoms with E-state index in [1.807, 2.05) is 54.3 Å². The Morgan fingerprint density at radius 1 is 1.14 bits per heavy atom. The fraction of sp³-hybridized carbons (Fsp3) is 0.227. The second kappa shape index (κ2) is 7.56. The van der Waals surface area contributed by atoms with Gasteiger partial charge in [-0.2, -0.15) is 0 Å². The fourth-order valence-electron chi connectivity index (χ4n) is 3.55. The molecule has 0 aliphatic carbocycles. The second-order valence-electron chi connectivity index (χ2n) is 6.88. The van der Waals surface area contributed by atoms with E-state index < -0.39 is 0 Å². The number of carbonyl (C=O) groups is 2. The van der Waals surface area contributed by atoms with E-state index >= 15 is 0 Å². The van der Waals surface area contributed by atoms with Gasteiger partial charge in [-0.05, 0) is 55.2 Å². The molecule has 1 aromatic heterocycles. The predicted octanol–water partition coefficient (Wildman–Crippen LogP) is 4.67. The number of aromatic nitrogens is 1. The zero-order valence-electron chi connectivity index (χ0n) is 15.9. The molecule has 1 aliphatic heterocycles. The number of amides is 2. The van der Waals surface area contributed by atoms with Gasteiger partial charge in [0.1, 0.15) is 0 Å². The number of anilines is 2. The lowest BCUT2D eigenvalue weighted by Gasteiger charge is -2.30. The van der Waals surface area contributed by atoms with Crippen molar-refractivity contribution < 1.29 is 9.59 Å². The molecule has 0 fully saturated rings. The van der Waals surface area contributed by atoms with Crippen LogP contribution in [0.4, 0.5) is 10.8 Å². The molecule has 0 radical (unpaired) electrons. The summed E-state index contributed by atoms with van der Waals surface area (Å²) in [4.78, 5) is 31.6. The third-order valence-electron chi connectivity index (χ3n) is 4.81. The largest absolute Gasteiger partial charge is 0.308 e. The molecule has 3 aromatic rings. The Labute approximate surface area is 168 Å². The van der Waals surface area contributed by atoms with Gasteiger partial charge < -0.3 is 10.2 Å². The Kier molecular flexibility index (Phi) is 4.96. The first-order valence-electron chi connectivity index (χ1n) is 9.28. The molecule has 0 atom stereocenters. The molecule has 5 nitrogen and oxygen atoms in total. The topological polar surface area (TPSA) is 62.3 Å². The summed E-state index contributed by atoms with van der Waals surface area (Å²) >= 11 is 1.47. The number of nitrogens with zero attached hydrogens (tertiary/aromatic N) is 2. The van der Waals surface area contributed by atoms with E-state index in [4.69, 9.17) is 0 Å². The number of rotatable bonds is 3. The molecule has 1 N–H and O–H groups in total. The smallest absolute Gasteiger partial charge is 0.258 e. The third kappa shape index (κ3) is 3.55. The van der Waals surface area contributed by atoms with Crippen LogP contribution in [0.3, 0.4) is 0 Å². The average Bonchev–Trinajstić information content (AvgIpc) is 3.06. The number of fused-ring (bicyclic) bond motifs is 1. The molecule has 2 amide bonds. The van der Waals surface area contributed by atoms with E-state index in [1.165, 1.54) is 23.8 Å². The Bertz CT molecular complexity index is 1040. The minimum Gasteiger partial charge on any atom is -0.308 e. The quantitative estimate of drug-likeness (QED) is 0.706. The monoisotopic (exact) mass is 391 g/mol. The molecule has 0 saturated heterocycles. The highest BCUT2D eigenvalue weighted by molar-refractivity contribution is 7.19. The molecular formula is C22H21N3O2S. The summed E-state index contributed by atoms with van der Waals surface area (Å²) in [6, 6.07) is 15.6. The molecule has 0 spiro atoms. The van der Waals surface area contributed by atoms with Gasteiger partial charge >= 0.3 is 0 Å². The van der Waals surface area contributed by atoms with Crippen molar-refractivity contribution in [1.82, 2.24) is 4.98 Å². The SMILES string of the molecule is CC(=O)Nc1nc(C)c(-c2ccc3c(c2)CCCN3C(=O)c2ccccc2)s1. The summed E-state index contributed by atoms with van der Waals surface area (Å²) in [6.45, 7) is 4.15. The summed E-state index contributed by atoms with van der Waals surface area (Å²) in [7, 11) is 0. The van der Waals surface area contributed by atoms with Gasteiger partial charge in [0.2, 0.25) is 5.91 Å². The van der Waals surface area contributed by atoms with Gasteiger partial charge in [-0.15, -0.1) is 0 Å². The van der Waals surface area contributed by atoms with Gasteiger partial charge in [0.25, 0.3) is 5.91 Å². The molecule has 0 unspecified atom stereocenters. The van der Waals surface area contributed by atoms with E-state index in [0.29, 0.717) is 10.7 Å². The van der Waals surface area contributed by atoms with Gasteiger partial charge in [0.15, 0.2) is 5.13 Å². The Morgan fingerprint density at radius 2 is 1.93 bits per heavy atom. The zero-order chi connectivity index (χ0) is 19.7. The van der Waals surface area contributed by atoms with Crippen LogP contribution in [0, 0.1) is 6.92 Å². The maximum atomic E-state index is 13.0. The average molecular weight is 391 g/mol. The van der Waals surface area contributed by atoms with E-state index in [9.17, 15) is 9.59 Å². The predicted molar refractivity (Wildman–Crippen MR) is 113 cm³/mol. The Balaban J connectivity index is 1.66. The number of nitrogens with one attached hydrogen (secondary N) is 1. The molecule has 0 bridgehead atoms. The van der Waals surface area contributed by atoms with Crippen molar-refractivity contribution in [2.45, 2.75) is 26.7 Å². The lowest BCUT2D eigenvalue weighted by molar-refractivity contribution is -0.114. The Hall–Kier alpha value is -2.99. The summed E-state index contributed by atoms with van der Waals surface area (Å²) in [5, 5.41) is 3.36. The van der Waals surface area contributed by atoms with E-state index in [0.717, 1.165) is 41.2 Å². The van der Waals surface area contributed by atoms with Crippen molar-refractivity contribution in [2.24, 2.45) is 0 Å². The van der Waals surface area contributed by atoms with Crippen LogP contribution >= 0.6 is 11.3 Å². The van der Waals surface area contributed by atoms with Crippen LogP contribution in [0.5, 0.6) is 0 Å². The zero-order valence-corrected chi connectivity index (χ0v) is 16.7. The van der Waals surface area contributed by atoms with Crippen LogP contribution in [0.15, 0.2) is 48.5 Å². The number of benzene rings is 2. The minimum atomic E-state index is -0.124. The molecule has 2 aromatic carbocycles. The fourth-order valence-corrected chi connectivity index (χ4v) is 4.56. The van der Waals surface area contributed by atoms with E-state index in [1.54, 1.807) is 0 Å². The summed E-state index contributed by atoms with van der Waals surface area (Å²) in [6.07, 6.45) is 1.88. The third-order valence-corrected chi connectivity index (χ3v) is 5.93. The van der Waals surface area contributed by atoms with Crippen molar-refractivity contribution in [3.63, 3.8) is 0 Å². The molecule has 28 heavy (non-hydrogen) atoms. The summed E-state index contributed by atoms with van der Waals surface area (Å²) in [5.74, 6) is -0.0861. The maximum Gasteiger partial charge on any atom is 0.258 e. The second-order valence-corrected chi connectivity index (χ2v) is 7.88. The van der Waals surface area contributed by atoms with Gasteiger partial charge in [-0.3, -0.25) is 9.59 Å². The molecule has 6 heteroatoms. The number of hydrogen-bond acceptors (Lipinski definition) is 4. The van der Waals surface area contributed by atoms with Gasteiger partial charge in [0, 0.05) is 24.7 Å². The molecule has 0 saturated carbocycles. The van der Waals surface area contributed by atoms with Gasteiger partial charge in [-0.25, -0.2) is 4.98 Å². The number of carbonyl (C=O) groups excluding carboxylic acids is 2. The first-order valence-corrected chi connectivity index (χ1v) is 10.1. The number of thiazole rings is 1. The molecule has 142 valence electrons. The van der Waals surface area contributed by atoms with Crippen LogP contribution in [0.25, 0.3) is 10.4 Å². The van der Waals surface area contributed by atoms with Gasteiger partial charge in [0.05, 0.1) is 10.6 Å². The summed E-state index contributed by atoms with van der Waals surface area (Å²) in [5.41, 5.74) is 4.81. The molecular weight excluding hydrogens is 370 g/mol. The van der Waals surface area contributed by atoms with Crippen molar-refractivity contribution in [1.29, 1.82) is 0 Å². The van der Waals surface area contributed by atoms with Crippen LogP contribution < -0.4 is 10.2 Å². The maximum absolute atomic E-state index is 13.0. The lowest BCUT2D eigenvalue weighted by atomic mass is 9.97. The van der Waals surface area contributed by atoms with Crippen molar-refractivity contribution in [2.75, 3.05) is 16.8 Å². The summed E-state index contributed by atoms with van der Waals surface area (Å²) < 4.78 is 0. The van der Waals surface area contributed by atoms with E-state index in [-0.39, 0.29) is 11.8 Å². The standard InChI is InChI=1S/C22H21N3O2S/c1-14-20(28-22(23-14)24-15(2)26)18-10-11-19-17(13-18)9-6-12-25(19)21(27)16-7-4-3-5-8-16/h3-5,7-8,10-11,13H,6,9,12H2,1-2H3,(H,23,24,26). The van der Waals surface area contributed by atoms with E-state index in [2.05, 4.69) is 16.4 Å². The molecule has 1 aliphatic rings. The van der Waals surface area contributed by atoms with Crippen LogP contribution in [-0.2, 0) is 11.2 Å². The first kappa shape index (κ1) is 18.4. The van der Waals surface area contributed by atoms with Gasteiger partial charge in [-0.1, -0.05) is 35.6 Å². The Morgan fingerprint density at radius 3 is 2.68 bits per heavy atom. The minimum absolute atomic E-state index is 0.0382. The first-order chi connectivity index (χ1) is 13.5. The lowest BCUT2D eigenvalue weighted by Crippen LogP contribution is -2.35. The highest BCUT2D eigenvalue weighted by Crippen LogP contribution is 2.37. The van der Waals surface area contributed by atoms with Crippen LogP contribution in [-0.4, -0.2) is 23.3 Å². The van der Waals surface area contributed by atoms with Crippen molar-refractivity contribution in [3.05, 3.63) is 65.4 Å². The highest BCUT2D eigenvalue weighted by Gasteiger charge is 2.24. The van der Waals surface area contributed by atoms with Crippen LogP contribution in [0.2, 0.25) is 0 Å². The highest BCUT2D eigenvalue weighted by atomic mass is 32.1. The van der Waals surface area contributed by atoms with Crippen molar-refractivity contribution >= 4 is 34.0 Å². The van der Waals surface area contributed by atoms with Crippen LogP contribution in [0.1, 0.15) is 35.0 Å². The molecule has 4 rings (SSSR count). The number of aryl methyl sites for hydroxylation is 2. The normalized spacial score (nSPS) is 13.1. The molecule has 2 heterocycles. The van der Waals surface area contributed by atoms with Crippen molar-refractivity contribution in [3.8, 4) is 10.4 Å². The number of hydrogen-bond donors (Lipinski definition) is 1.